The lowest BCUT2D eigenvalue weighted by Crippen LogP contribution is -2.24. The van der Waals surface area contributed by atoms with Crippen LogP contribution in [0.25, 0.3) is 0 Å². The largest absolute Gasteiger partial charge is 0.326 e. The van der Waals surface area contributed by atoms with E-state index in [9.17, 15) is 0 Å². The summed E-state index contributed by atoms with van der Waals surface area (Å²) in [4.78, 5) is 6.01. The minimum atomic E-state index is -2.88. The first-order valence-corrected chi connectivity index (χ1v) is 15.9. The van der Waals surface area contributed by atoms with Crippen molar-refractivity contribution in [3.63, 3.8) is 0 Å². The summed E-state index contributed by atoms with van der Waals surface area (Å²) in [5, 5.41) is 0. The van der Waals surface area contributed by atoms with Gasteiger partial charge in [-0.25, -0.2) is 0 Å². The standard InChI is InChI=1S/C15H33Cl3N3O3P3/c1-4-7-10-13-22-21-26(18)20(16)25(17)19-27(21,23-14-11-8-5-2)24-15-12-9-6-3/h4-15H2,1-3H3. The summed E-state index contributed by atoms with van der Waals surface area (Å²) >= 11 is 19.3. The Hall–Kier alpha value is 1.76. The van der Waals surface area contributed by atoms with Gasteiger partial charge in [-0.15, -0.1) is 3.96 Å². The van der Waals surface area contributed by atoms with Gasteiger partial charge in [-0.05, 0) is 42.3 Å². The lowest BCUT2D eigenvalue weighted by Gasteiger charge is -2.41. The zero-order chi connectivity index (χ0) is 20.1. The summed E-state index contributed by atoms with van der Waals surface area (Å²) in [5.74, 6) is 0. The van der Waals surface area contributed by atoms with E-state index in [-0.39, 0.29) is 0 Å². The molecule has 162 valence electrons. The van der Waals surface area contributed by atoms with Gasteiger partial charge < -0.3 is 9.05 Å². The molecule has 27 heavy (non-hydrogen) atoms. The van der Waals surface area contributed by atoms with Crippen molar-refractivity contribution in [2.24, 2.45) is 4.52 Å². The van der Waals surface area contributed by atoms with E-state index in [4.69, 9.17) is 48.1 Å². The molecule has 1 heterocycles. The molecule has 0 radical (unpaired) electrons. The molecule has 0 N–H and O–H groups in total. The van der Waals surface area contributed by atoms with Gasteiger partial charge in [0.2, 0.25) is 7.58 Å². The molecule has 0 aromatic rings. The Morgan fingerprint density at radius 3 is 1.78 bits per heavy atom. The van der Waals surface area contributed by atoms with E-state index in [0.717, 1.165) is 57.8 Å². The normalized spacial score (nSPS) is 23.5. The molecule has 1 rings (SSSR count). The minimum absolute atomic E-state index is 0.526. The maximum atomic E-state index is 6.60. The van der Waals surface area contributed by atoms with Crippen LogP contribution in [-0.2, 0) is 13.9 Å². The Kier molecular flexibility index (Phi) is 15.4. The fourth-order valence-corrected chi connectivity index (χ4v) is 12.1. The van der Waals surface area contributed by atoms with Crippen molar-refractivity contribution < 1.29 is 13.9 Å². The van der Waals surface area contributed by atoms with E-state index in [1.54, 1.807) is 4.60 Å². The van der Waals surface area contributed by atoms with E-state index >= 15 is 0 Å². The van der Waals surface area contributed by atoms with E-state index in [1.165, 1.54) is 3.96 Å². The molecule has 0 aromatic carbocycles. The molecule has 1 aliphatic rings. The van der Waals surface area contributed by atoms with Gasteiger partial charge >= 0.3 is 7.66 Å². The van der Waals surface area contributed by atoms with Crippen molar-refractivity contribution in [2.45, 2.75) is 78.6 Å². The van der Waals surface area contributed by atoms with E-state index in [1.807, 2.05) is 0 Å². The SMILES string of the molecule is CCCCCON1P(Cl)N(Cl)P(Cl)N=P1(OCCCCC)OCCCCC. The fourth-order valence-electron chi connectivity index (χ4n) is 2.26. The van der Waals surface area contributed by atoms with Gasteiger partial charge in [0.1, 0.15) is 0 Å². The van der Waals surface area contributed by atoms with Crippen molar-refractivity contribution in [1.29, 1.82) is 0 Å². The van der Waals surface area contributed by atoms with Crippen LogP contribution in [0.5, 0.6) is 0 Å². The molecule has 6 nitrogen and oxygen atoms in total. The molecule has 0 bridgehead atoms. The molecule has 0 saturated heterocycles. The molecule has 0 aliphatic carbocycles. The summed E-state index contributed by atoms with van der Waals surface area (Å²) in [5.41, 5.74) is 0. The Morgan fingerprint density at radius 1 is 0.815 bits per heavy atom. The van der Waals surface area contributed by atoms with Gasteiger partial charge in [0.25, 0.3) is 0 Å². The summed E-state index contributed by atoms with van der Waals surface area (Å²) in [6.07, 6.45) is 9.37. The maximum Gasteiger partial charge on any atom is 0.326 e. The van der Waals surface area contributed by atoms with Crippen molar-refractivity contribution in [3.8, 4) is 0 Å². The number of nitrogens with zero attached hydrogens (tertiary/aromatic N) is 3. The third-order valence-corrected chi connectivity index (χ3v) is 14.2. The number of hydrogen-bond acceptors (Lipinski definition) is 6. The highest BCUT2D eigenvalue weighted by Crippen LogP contribution is 2.82. The molecular weight excluding hydrogens is 469 g/mol. The second-order valence-corrected chi connectivity index (χ2v) is 14.1. The van der Waals surface area contributed by atoms with Crippen LogP contribution in [-0.4, -0.2) is 28.4 Å². The van der Waals surface area contributed by atoms with Crippen LogP contribution in [0.4, 0.5) is 0 Å². The number of hydrogen-bond donors (Lipinski definition) is 0. The topological polar surface area (TPSA) is 46.5 Å². The predicted molar refractivity (Wildman–Crippen MR) is 121 cm³/mol. The predicted octanol–water partition coefficient (Wildman–Crippen LogP) is 9.17. The first kappa shape index (κ1) is 26.8. The van der Waals surface area contributed by atoms with Gasteiger partial charge in [0.15, 0.2) is 7.58 Å². The highest BCUT2D eigenvalue weighted by Gasteiger charge is 2.48. The minimum Gasteiger partial charge on any atom is -0.310 e. The van der Waals surface area contributed by atoms with Crippen molar-refractivity contribution >= 4 is 57.1 Å². The van der Waals surface area contributed by atoms with Crippen molar-refractivity contribution in [2.75, 3.05) is 19.8 Å². The summed E-state index contributed by atoms with van der Waals surface area (Å²) in [7, 11) is -5.91. The highest BCUT2D eigenvalue weighted by atomic mass is 35.7. The lowest BCUT2D eigenvalue weighted by atomic mass is 10.3. The van der Waals surface area contributed by atoms with Crippen LogP contribution >= 0.6 is 57.1 Å². The number of rotatable bonds is 15. The molecule has 0 fully saturated rings. The third-order valence-electron chi connectivity index (χ3n) is 3.79. The Balaban J connectivity index is 2.96. The second-order valence-electron chi connectivity index (χ2n) is 6.18. The van der Waals surface area contributed by atoms with Crippen LogP contribution in [0.2, 0.25) is 0 Å². The zero-order valence-electron chi connectivity index (χ0n) is 16.5. The third kappa shape index (κ3) is 9.19. The smallest absolute Gasteiger partial charge is 0.310 e. The van der Waals surface area contributed by atoms with Crippen LogP contribution < -0.4 is 0 Å². The van der Waals surface area contributed by atoms with E-state index < -0.39 is 22.8 Å². The molecular formula is C15H33Cl3N3O3P3. The number of unbranched alkanes of at least 4 members (excludes halogenated alkanes) is 6. The molecule has 0 aromatic heterocycles. The summed E-state index contributed by atoms with van der Waals surface area (Å²) in [6.45, 7) is 8.06. The van der Waals surface area contributed by atoms with Gasteiger partial charge in [-0.2, -0.15) is 4.52 Å². The van der Waals surface area contributed by atoms with Gasteiger partial charge in [-0.1, -0.05) is 75.1 Å². The summed E-state index contributed by atoms with van der Waals surface area (Å²) < 4.78 is 20.0. The molecule has 2 unspecified atom stereocenters. The summed E-state index contributed by atoms with van der Waals surface area (Å²) in [6, 6.07) is 0. The van der Waals surface area contributed by atoms with Crippen molar-refractivity contribution in [1.82, 2.24) is 8.56 Å². The number of halogens is 3. The van der Waals surface area contributed by atoms with Crippen LogP contribution in [0.3, 0.4) is 0 Å². The first-order chi connectivity index (χ1) is 13.0. The van der Waals surface area contributed by atoms with Gasteiger partial charge in [0.05, 0.1) is 19.8 Å². The molecule has 0 spiro atoms. The van der Waals surface area contributed by atoms with Crippen molar-refractivity contribution in [3.05, 3.63) is 0 Å². The van der Waals surface area contributed by atoms with E-state index in [2.05, 4.69) is 25.3 Å². The fraction of sp³-hybridized carbons (Fsp3) is 1.00. The average Bonchev–Trinajstić information content (AvgIpc) is 2.66. The van der Waals surface area contributed by atoms with Crippen LogP contribution in [0.15, 0.2) is 4.52 Å². The van der Waals surface area contributed by atoms with Gasteiger partial charge in [-0.3, -0.25) is 4.84 Å². The Bertz CT molecular complexity index is 439. The van der Waals surface area contributed by atoms with Crippen LogP contribution in [0.1, 0.15) is 78.6 Å². The van der Waals surface area contributed by atoms with Gasteiger partial charge in [0, 0.05) is 0 Å². The first-order valence-electron chi connectivity index (χ1n) is 9.74. The van der Waals surface area contributed by atoms with Crippen LogP contribution in [0, 0.1) is 0 Å². The monoisotopic (exact) mass is 501 g/mol. The molecule has 0 amide bonds. The molecule has 1 aliphatic heterocycles. The zero-order valence-corrected chi connectivity index (χ0v) is 21.5. The highest BCUT2D eigenvalue weighted by molar-refractivity contribution is 8.00. The average molecular weight is 503 g/mol. The quantitative estimate of drug-likeness (QED) is 0.127. The maximum absolute atomic E-state index is 6.60. The molecule has 0 saturated carbocycles. The van der Waals surface area contributed by atoms with E-state index in [0.29, 0.717) is 19.8 Å². The Labute approximate surface area is 182 Å². The second kappa shape index (κ2) is 15.5. The molecule has 12 heteroatoms. The lowest BCUT2D eigenvalue weighted by molar-refractivity contribution is -0.0372. The Morgan fingerprint density at radius 2 is 1.30 bits per heavy atom. The molecule has 2 atom stereocenters.